The lowest BCUT2D eigenvalue weighted by molar-refractivity contribution is -0.121. The normalized spacial score (nSPS) is 17.4. The first-order valence-corrected chi connectivity index (χ1v) is 7.11. The minimum Gasteiger partial charge on any atom is -0.504 e. The Hall–Kier alpha value is -1.22. The number of benzene rings is 1. The molecule has 1 aromatic carbocycles. The van der Waals surface area contributed by atoms with Gasteiger partial charge < -0.3 is 9.84 Å². The van der Waals surface area contributed by atoms with Crippen LogP contribution < -0.4 is 4.74 Å². The van der Waals surface area contributed by atoms with E-state index in [0.717, 1.165) is 16.7 Å². The van der Waals surface area contributed by atoms with Gasteiger partial charge in [0.2, 0.25) is 0 Å². The average Bonchev–Trinajstić information content (AvgIpc) is 2.61. The molecule has 0 radical (unpaired) electrons. The molecule has 1 aliphatic heterocycles. The van der Waals surface area contributed by atoms with Crippen LogP contribution in [0, 0.1) is 3.57 Å². The number of carbonyl (C=O) groups is 2. The molecule has 1 fully saturated rings. The maximum Gasteiger partial charge on any atom is 0.293 e. The molecule has 0 spiro atoms. The van der Waals surface area contributed by atoms with Crippen molar-refractivity contribution in [2.24, 2.45) is 0 Å². The Morgan fingerprint density at radius 3 is 2.63 bits per heavy atom. The van der Waals surface area contributed by atoms with Gasteiger partial charge in [0.15, 0.2) is 11.5 Å². The van der Waals surface area contributed by atoms with Gasteiger partial charge in [-0.15, -0.1) is 0 Å². The fourth-order valence-electron chi connectivity index (χ4n) is 1.53. The van der Waals surface area contributed by atoms with E-state index < -0.39 is 0 Å². The van der Waals surface area contributed by atoms with Crippen LogP contribution in [-0.4, -0.2) is 35.3 Å². The van der Waals surface area contributed by atoms with Crippen molar-refractivity contribution in [1.29, 1.82) is 0 Å². The molecule has 0 bridgehead atoms. The van der Waals surface area contributed by atoms with Crippen molar-refractivity contribution < 1.29 is 19.4 Å². The molecular weight excluding hydrogens is 381 g/mol. The molecule has 0 aliphatic carbocycles. The number of amides is 2. The predicted molar refractivity (Wildman–Crippen MR) is 81.1 cm³/mol. The maximum atomic E-state index is 11.8. The van der Waals surface area contributed by atoms with Crippen molar-refractivity contribution >= 4 is 51.6 Å². The van der Waals surface area contributed by atoms with Crippen molar-refractivity contribution in [3.05, 3.63) is 26.2 Å². The molecule has 5 nitrogen and oxygen atoms in total. The van der Waals surface area contributed by atoms with E-state index in [1.165, 1.54) is 14.2 Å². The zero-order valence-corrected chi connectivity index (χ0v) is 13.1. The van der Waals surface area contributed by atoms with Gasteiger partial charge in [-0.25, -0.2) is 0 Å². The Morgan fingerprint density at radius 2 is 2.11 bits per heavy atom. The summed E-state index contributed by atoms with van der Waals surface area (Å²) in [6.07, 6.45) is 1.61. The van der Waals surface area contributed by atoms with E-state index in [0.29, 0.717) is 19.8 Å². The Labute approximate surface area is 127 Å². The third kappa shape index (κ3) is 2.71. The van der Waals surface area contributed by atoms with Crippen LogP contribution in [0.15, 0.2) is 17.0 Å². The maximum absolute atomic E-state index is 11.8. The molecule has 1 aliphatic rings. The minimum atomic E-state index is -0.322. The number of imide groups is 1. The monoisotopic (exact) mass is 391 g/mol. The number of methoxy groups -OCH3 is 1. The second kappa shape index (κ2) is 5.41. The van der Waals surface area contributed by atoms with Crippen LogP contribution in [0.5, 0.6) is 11.5 Å². The van der Waals surface area contributed by atoms with E-state index in [4.69, 9.17) is 4.74 Å². The number of ether oxygens (including phenoxy) is 1. The Bertz CT molecular complexity index is 600. The predicted octanol–water partition coefficient (Wildman–Crippen LogP) is 2.67. The summed E-state index contributed by atoms with van der Waals surface area (Å²) in [5.41, 5.74) is 0.693. The minimum absolute atomic E-state index is 0.0591. The number of likely N-dealkylation sites (N-methyl/N-ethyl adjacent to an activating group) is 1. The topological polar surface area (TPSA) is 66.8 Å². The third-order valence-corrected chi connectivity index (χ3v) is 4.34. The highest BCUT2D eigenvalue weighted by Gasteiger charge is 2.31. The lowest BCUT2D eigenvalue weighted by atomic mass is 10.2. The summed E-state index contributed by atoms with van der Waals surface area (Å²) in [7, 11) is 2.90. The largest absolute Gasteiger partial charge is 0.504 e. The summed E-state index contributed by atoms with van der Waals surface area (Å²) >= 11 is 2.86. The number of thioether (sulfide) groups is 1. The van der Waals surface area contributed by atoms with E-state index in [1.54, 1.807) is 18.2 Å². The van der Waals surface area contributed by atoms with Crippen molar-refractivity contribution in [2.45, 2.75) is 0 Å². The number of halogens is 1. The van der Waals surface area contributed by atoms with Crippen molar-refractivity contribution in [3.8, 4) is 11.5 Å². The van der Waals surface area contributed by atoms with Gasteiger partial charge in [0.25, 0.3) is 11.1 Å². The lowest BCUT2D eigenvalue weighted by Crippen LogP contribution is -2.22. The van der Waals surface area contributed by atoms with Crippen LogP contribution in [0.4, 0.5) is 4.79 Å². The van der Waals surface area contributed by atoms with Gasteiger partial charge >= 0.3 is 0 Å². The molecule has 0 atom stereocenters. The molecule has 0 aromatic heterocycles. The quantitative estimate of drug-likeness (QED) is 0.621. The van der Waals surface area contributed by atoms with E-state index in [1.807, 2.05) is 22.6 Å². The van der Waals surface area contributed by atoms with Gasteiger partial charge in [-0.2, -0.15) is 0 Å². The Balaban J connectivity index is 2.42. The number of phenols is 1. The number of hydrogen-bond acceptors (Lipinski definition) is 5. The van der Waals surface area contributed by atoms with Crippen LogP contribution in [0.2, 0.25) is 0 Å². The van der Waals surface area contributed by atoms with E-state index in [9.17, 15) is 14.7 Å². The summed E-state index contributed by atoms with van der Waals surface area (Å²) in [5.74, 6) is 0.0646. The van der Waals surface area contributed by atoms with Gasteiger partial charge in [-0.3, -0.25) is 14.5 Å². The van der Waals surface area contributed by atoms with Crippen molar-refractivity contribution in [3.63, 3.8) is 0 Å². The fraction of sp³-hybridized carbons (Fsp3) is 0.167. The molecule has 7 heteroatoms. The van der Waals surface area contributed by atoms with E-state index in [-0.39, 0.29) is 16.9 Å². The highest BCUT2D eigenvalue weighted by molar-refractivity contribution is 14.1. The average molecular weight is 391 g/mol. The first-order chi connectivity index (χ1) is 8.93. The Kier molecular flexibility index (Phi) is 4.04. The molecule has 100 valence electrons. The lowest BCUT2D eigenvalue weighted by Gasteiger charge is -2.07. The number of phenolic OH excluding ortho intramolecular Hbond substituents is 1. The zero-order valence-electron chi connectivity index (χ0n) is 10.1. The van der Waals surface area contributed by atoms with Gasteiger partial charge in [-0.05, 0) is 58.1 Å². The van der Waals surface area contributed by atoms with Crippen molar-refractivity contribution in [1.82, 2.24) is 4.90 Å². The van der Waals surface area contributed by atoms with Gasteiger partial charge in [0.05, 0.1) is 15.6 Å². The van der Waals surface area contributed by atoms with Crippen LogP contribution >= 0.6 is 34.4 Å². The van der Waals surface area contributed by atoms with Crippen LogP contribution in [0.25, 0.3) is 6.08 Å². The molecule has 1 aromatic rings. The second-order valence-corrected chi connectivity index (χ2v) is 5.95. The molecule has 0 saturated carbocycles. The summed E-state index contributed by atoms with van der Waals surface area (Å²) < 4.78 is 5.66. The van der Waals surface area contributed by atoms with Crippen LogP contribution in [0.3, 0.4) is 0 Å². The summed E-state index contributed by atoms with van der Waals surface area (Å²) in [6.45, 7) is 0. The first kappa shape index (κ1) is 14.2. The molecule has 1 heterocycles. The third-order valence-electron chi connectivity index (χ3n) is 2.55. The number of nitrogens with zero attached hydrogens (tertiary/aromatic N) is 1. The standard InChI is InChI=1S/C12H10INO4S/c1-14-11(16)9(19-12(14)17)5-6-3-7(13)10(15)8(4-6)18-2/h3-5,15H,1-2H3/b9-5-. The van der Waals surface area contributed by atoms with Gasteiger partial charge in [0, 0.05) is 7.05 Å². The summed E-state index contributed by atoms with van der Waals surface area (Å²) in [4.78, 5) is 24.6. The highest BCUT2D eigenvalue weighted by atomic mass is 127. The van der Waals surface area contributed by atoms with Gasteiger partial charge in [0.1, 0.15) is 0 Å². The van der Waals surface area contributed by atoms with Crippen LogP contribution in [-0.2, 0) is 4.79 Å². The molecule has 1 N–H and O–H groups in total. The zero-order chi connectivity index (χ0) is 14.2. The molecule has 2 amide bonds. The number of rotatable bonds is 2. The number of carbonyl (C=O) groups excluding carboxylic acids is 2. The van der Waals surface area contributed by atoms with E-state index in [2.05, 4.69) is 0 Å². The number of aromatic hydroxyl groups is 1. The highest BCUT2D eigenvalue weighted by Crippen LogP contribution is 2.35. The SMILES string of the molecule is COc1cc(/C=C2\SC(=O)N(C)C2=O)cc(I)c1O. The van der Waals surface area contributed by atoms with E-state index >= 15 is 0 Å². The Morgan fingerprint density at radius 1 is 1.42 bits per heavy atom. The summed E-state index contributed by atoms with van der Waals surface area (Å²) in [6, 6.07) is 3.32. The molecule has 19 heavy (non-hydrogen) atoms. The molecule has 0 unspecified atom stereocenters. The summed E-state index contributed by atoms with van der Waals surface area (Å²) in [5, 5.41) is 9.44. The first-order valence-electron chi connectivity index (χ1n) is 5.22. The van der Waals surface area contributed by atoms with Crippen molar-refractivity contribution in [2.75, 3.05) is 14.2 Å². The molecule has 1 saturated heterocycles. The fourth-order valence-corrected chi connectivity index (χ4v) is 2.98. The molecule has 2 rings (SSSR count). The van der Waals surface area contributed by atoms with Crippen LogP contribution in [0.1, 0.15) is 5.56 Å². The number of hydrogen-bond donors (Lipinski definition) is 1. The van der Waals surface area contributed by atoms with Gasteiger partial charge in [-0.1, -0.05) is 0 Å². The second-order valence-electron chi connectivity index (χ2n) is 3.79. The molecular formula is C12H10INO4S. The smallest absolute Gasteiger partial charge is 0.293 e.